The second-order valence-electron chi connectivity index (χ2n) is 3.94. The molecule has 16 heavy (non-hydrogen) atoms. The van der Waals surface area contributed by atoms with E-state index in [0.717, 1.165) is 0 Å². The van der Waals surface area contributed by atoms with Crippen LogP contribution < -0.4 is 5.32 Å². The highest BCUT2D eigenvalue weighted by atomic mass is 32.2. The summed E-state index contributed by atoms with van der Waals surface area (Å²) in [5, 5.41) is 2.43. The van der Waals surface area contributed by atoms with E-state index in [1.54, 1.807) is 0 Å². The van der Waals surface area contributed by atoms with Crippen LogP contribution in [0.2, 0.25) is 0 Å². The van der Waals surface area contributed by atoms with Gasteiger partial charge >= 0.3 is 5.97 Å². The highest BCUT2D eigenvalue weighted by Gasteiger charge is 2.22. The van der Waals surface area contributed by atoms with Gasteiger partial charge in [-0.05, 0) is 5.92 Å². The van der Waals surface area contributed by atoms with E-state index in [4.69, 9.17) is 0 Å². The lowest BCUT2D eigenvalue weighted by molar-refractivity contribution is -0.144. The van der Waals surface area contributed by atoms with Crippen molar-refractivity contribution >= 4 is 22.7 Å². The van der Waals surface area contributed by atoms with Crippen LogP contribution in [0.15, 0.2) is 0 Å². The van der Waals surface area contributed by atoms with Crippen LogP contribution in [-0.2, 0) is 25.1 Å². The number of nitrogens with one attached hydrogen (secondary N) is 1. The molecule has 0 aliphatic carbocycles. The lowest BCUT2D eigenvalue weighted by Crippen LogP contribution is -2.44. The van der Waals surface area contributed by atoms with Crippen LogP contribution in [0.3, 0.4) is 0 Å². The van der Waals surface area contributed by atoms with Gasteiger partial charge in [0.1, 0.15) is 6.04 Å². The topological polar surface area (TPSA) is 72.5 Å². The van der Waals surface area contributed by atoms with E-state index in [1.165, 1.54) is 14.0 Å². The number of methoxy groups -OCH3 is 1. The molecule has 0 aromatic carbocycles. The van der Waals surface area contributed by atoms with Gasteiger partial charge in [-0.25, -0.2) is 4.79 Å². The smallest absolute Gasteiger partial charge is 0.329 e. The van der Waals surface area contributed by atoms with E-state index < -0.39 is 22.8 Å². The van der Waals surface area contributed by atoms with Gasteiger partial charge in [0.15, 0.2) is 0 Å². The predicted octanol–water partition coefficient (Wildman–Crippen LogP) is 0.0688. The summed E-state index contributed by atoms with van der Waals surface area (Å²) >= 11 is 0. The molecule has 94 valence electrons. The van der Waals surface area contributed by atoms with Gasteiger partial charge in [-0.3, -0.25) is 9.00 Å². The van der Waals surface area contributed by atoms with Crippen molar-refractivity contribution in [1.29, 1.82) is 0 Å². The molecular formula is C10H19NO4S. The molecule has 0 fully saturated rings. The first-order chi connectivity index (χ1) is 7.36. The number of ether oxygens (including phenoxy) is 1. The molecular weight excluding hydrogens is 230 g/mol. The fraction of sp³-hybridized carbons (Fsp3) is 0.800. The second kappa shape index (κ2) is 7.38. The molecule has 0 saturated heterocycles. The average Bonchev–Trinajstić information content (AvgIpc) is 2.13. The van der Waals surface area contributed by atoms with Crippen molar-refractivity contribution in [2.24, 2.45) is 5.92 Å². The maximum Gasteiger partial charge on any atom is 0.329 e. The fourth-order valence-electron chi connectivity index (χ4n) is 1.18. The molecule has 0 radical (unpaired) electrons. The van der Waals surface area contributed by atoms with Crippen molar-refractivity contribution < 1.29 is 18.5 Å². The predicted molar refractivity (Wildman–Crippen MR) is 62.3 cm³/mol. The maximum absolute atomic E-state index is 11.6. The Morgan fingerprint density at radius 3 is 2.25 bits per heavy atom. The number of hydrogen-bond acceptors (Lipinski definition) is 4. The molecule has 1 amide bonds. The summed E-state index contributed by atoms with van der Waals surface area (Å²) in [5.41, 5.74) is 0. The minimum Gasteiger partial charge on any atom is -0.467 e. The third kappa shape index (κ3) is 6.55. The fourth-order valence-corrected chi connectivity index (χ4v) is 2.65. The van der Waals surface area contributed by atoms with Crippen LogP contribution in [0.1, 0.15) is 20.8 Å². The molecule has 0 spiro atoms. The lowest BCUT2D eigenvalue weighted by atomic mass is 10.3. The van der Waals surface area contributed by atoms with Gasteiger partial charge in [-0.2, -0.15) is 0 Å². The van der Waals surface area contributed by atoms with Crippen molar-refractivity contribution in [3.8, 4) is 0 Å². The minimum atomic E-state index is -1.13. The Balaban J connectivity index is 4.36. The summed E-state index contributed by atoms with van der Waals surface area (Å²) in [6.07, 6.45) is 0. The summed E-state index contributed by atoms with van der Waals surface area (Å²) in [6.45, 7) is 5.20. The Hall–Kier alpha value is -0.910. The molecule has 2 unspecified atom stereocenters. The summed E-state index contributed by atoms with van der Waals surface area (Å²) in [6, 6.07) is -0.818. The van der Waals surface area contributed by atoms with Crippen LogP contribution in [0.5, 0.6) is 0 Å². The summed E-state index contributed by atoms with van der Waals surface area (Å²) < 4.78 is 16.1. The van der Waals surface area contributed by atoms with Crippen molar-refractivity contribution in [1.82, 2.24) is 5.32 Å². The van der Waals surface area contributed by atoms with E-state index in [9.17, 15) is 13.8 Å². The van der Waals surface area contributed by atoms with E-state index in [1.807, 2.05) is 13.8 Å². The van der Waals surface area contributed by atoms with E-state index in [2.05, 4.69) is 10.1 Å². The molecule has 0 aromatic heterocycles. The Kier molecular flexibility index (Phi) is 6.96. The first-order valence-electron chi connectivity index (χ1n) is 5.06. The van der Waals surface area contributed by atoms with Gasteiger partial charge in [0.25, 0.3) is 0 Å². The van der Waals surface area contributed by atoms with Crippen molar-refractivity contribution in [2.75, 3.05) is 18.6 Å². The highest BCUT2D eigenvalue weighted by Crippen LogP contribution is 2.00. The Bertz CT molecular complexity index is 278. The molecule has 0 heterocycles. The Morgan fingerprint density at radius 2 is 1.88 bits per heavy atom. The summed E-state index contributed by atoms with van der Waals surface area (Å²) in [5.74, 6) is -0.00181. The molecule has 0 rings (SSSR count). The number of hydrogen-bond donors (Lipinski definition) is 1. The van der Waals surface area contributed by atoms with Crippen LogP contribution in [-0.4, -0.2) is 40.7 Å². The molecule has 2 atom stereocenters. The first kappa shape index (κ1) is 15.1. The van der Waals surface area contributed by atoms with Crippen LogP contribution >= 0.6 is 0 Å². The van der Waals surface area contributed by atoms with Gasteiger partial charge in [0, 0.05) is 23.5 Å². The number of rotatable bonds is 6. The molecule has 0 aliphatic heterocycles. The van der Waals surface area contributed by atoms with Crippen LogP contribution in [0, 0.1) is 5.92 Å². The zero-order chi connectivity index (χ0) is 12.7. The Labute approximate surface area is 98.4 Å². The third-order valence-electron chi connectivity index (χ3n) is 1.73. The van der Waals surface area contributed by atoms with Crippen molar-refractivity contribution in [2.45, 2.75) is 26.8 Å². The zero-order valence-corrected chi connectivity index (χ0v) is 10.9. The van der Waals surface area contributed by atoms with Gasteiger partial charge in [0.2, 0.25) is 5.91 Å². The number of carbonyl (C=O) groups excluding carboxylic acids is 2. The van der Waals surface area contributed by atoms with E-state index in [-0.39, 0.29) is 17.6 Å². The lowest BCUT2D eigenvalue weighted by Gasteiger charge is -2.15. The van der Waals surface area contributed by atoms with Crippen molar-refractivity contribution in [3.63, 3.8) is 0 Å². The third-order valence-corrected chi connectivity index (χ3v) is 3.48. The zero-order valence-electron chi connectivity index (χ0n) is 10.1. The molecule has 6 heteroatoms. The molecule has 5 nitrogen and oxygen atoms in total. The van der Waals surface area contributed by atoms with E-state index >= 15 is 0 Å². The minimum absolute atomic E-state index is 0.102. The largest absolute Gasteiger partial charge is 0.467 e. The van der Waals surface area contributed by atoms with Crippen LogP contribution in [0.25, 0.3) is 0 Å². The van der Waals surface area contributed by atoms with Crippen molar-refractivity contribution in [3.05, 3.63) is 0 Å². The number of esters is 1. The maximum atomic E-state index is 11.6. The van der Waals surface area contributed by atoms with Gasteiger partial charge in [-0.1, -0.05) is 13.8 Å². The molecule has 0 bridgehead atoms. The number of amides is 1. The van der Waals surface area contributed by atoms with Gasteiger partial charge in [0.05, 0.1) is 12.9 Å². The monoisotopic (exact) mass is 249 g/mol. The quantitative estimate of drug-likeness (QED) is 0.676. The standard InChI is InChI=1S/C10H19NO4S/c1-7(2)5-16(14)6-9(10(13)15-4)11-8(3)12/h7,9H,5-6H2,1-4H3,(H,11,12). The molecule has 0 saturated carbocycles. The normalized spacial score (nSPS) is 14.3. The first-order valence-corrected chi connectivity index (χ1v) is 6.55. The second-order valence-corrected chi connectivity index (χ2v) is 5.49. The average molecular weight is 249 g/mol. The van der Waals surface area contributed by atoms with Gasteiger partial charge in [-0.15, -0.1) is 0 Å². The summed E-state index contributed by atoms with van der Waals surface area (Å²) in [4.78, 5) is 22.2. The summed E-state index contributed by atoms with van der Waals surface area (Å²) in [7, 11) is 0.104. The highest BCUT2D eigenvalue weighted by molar-refractivity contribution is 7.85. The SMILES string of the molecule is COC(=O)C(CS(=O)CC(C)C)NC(C)=O. The molecule has 1 N–H and O–H groups in total. The van der Waals surface area contributed by atoms with Gasteiger partial charge < -0.3 is 10.1 Å². The molecule has 0 aliphatic rings. The Morgan fingerprint density at radius 1 is 1.31 bits per heavy atom. The van der Waals surface area contributed by atoms with Crippen LogP contribution in [0.4, 0.5) is 0 Å². The number of carbonyl (C=O) groups is 2. The molecule has 0 aromatic rings. The van der Waals surface area contributed by atoms with E-state index in [0.29, 0.717) is 5.75 Å².